The van der Waals surface area contributed by atoms with Crippen LogP contribution in [0.25, 0.3) is 0 Å². The number of hydrogen-bond acceptors (Lipinski definition) is 4. The van der Waals surface area contributed by atoms with Crippen LogP contribution in [0.4, 0.5) is 13.2 Å². The minimum atomic E-state index is -4.58. The highest BCUT2D eigenvalue weighted by Gasteiger charge is 2.37. The summed E-state index contributed by atoms with van der Waals surface area (Å²) in [5, 5.41) is 12.3. The first-order chi connectivity index (χ1) is 10.9. The third-order valence-corrected chi connectivity index (χ3v) is 4.29. The lowest BCUT2D eigenvalue weighted by molar-refractivity contribution is -0.137. The summed E-state index contributed by atoms with van der Waals surface area (Å²) >= 11 is 0. The van der Waals surface area contributed by atoms with Gasteiger partial charge in [-0.2, -0.15) is 18.4 Å². The number of ketones is 1. The largest absolute Gasteiger partial charge is 0.416 e. The standard InChI is InChI=1S/C16H15F3N2O2/c17-16(18,19)12-2-9(6-20)1-10(3-12)15(22)11-4-13-7-23-8-14(5-11)21-13/h1-3,11,13-14,21H,4-5,7-8H2. The number of carbonyl (C=O) groups excluding carboxylic acids is 1. The number of nitriles is 1. The molecule has 2 unspecified atom stereocenters. The molecule has 1 N–H and O–H groups in total. The van der Waals surface area contributed by atoms with Gasteiger partial charge in [-0.25, -0.2) is 0 Å². The number of nitrogens with one attached hydrogen (secondary N) is 1. The molecule has 0 amide bonds. The van der Waals surface area contributed by atoms with E-state index in [1.165, 1.54) is 6.07 Å². The van der Waals surface area contributed by atoms with E-state index < -0.39 is 11.7 Å². The second-order valence-corrected chi connectivity index (χ2v) is 6.04. The molecule has 2 saturated heterocycles. The van der Waals surface area contributed by atoms with Crippen LogP contribution in [-0.4, -0.2) is 31.1 Å². The summed E-state index contributed by atoms with van der Waals surface area (Å²) in [4.78, 5) is 12.6. The molecule has 7 heteroatoms. The molecule has 2 aliphatic rings. The molecule has 4 nitrogen and oxygen atoms in total. The number of fused-ring (bicyclic) bond motifs is 2. The molecule has 0 saturated carbocycles. The number of ether oxygens (including phenoxy) is 1. The third-order valence-electron chi connectivity index (χ3n) is 4.29. The zero-order valence-corrected chi connectivity index (χ0v) is 12.2. The molecule has 2 fully saturated rings. The quantitative estimate of drug-likeness (QED) is 0.849. The van der Waals surface area contributed by atoms with Crippen LogP contribution in [0.1, 0.15) is 34.3 Å². The fourth-order valence-electron chi connectivity index (χ4n) is 3.29. The van der Waals surface area contributed by atoms with Crippen molar-refractivity contribution in [2.24, 2.45) is 5.92 Å². The molecule has 23 heavy (non-hydrogen) atoms. The van der Waals surface area contributed by atoms with Gasteiger partial charge in [-0.15, -0.1) is 0 Å². The van der Waals surface area contributed by atoms with Crippen LogP contribution in [0.2, 0.25) is 0 Å². The Bertz CT molecular complexity index is 654. The first-order valence-corrected chi connectivity index (χ1v) is 7.37. The van der Waals surface area contributed by atoms with Crippen LogP contribution in [0.5, 0.6) is 0 Å². The van der Waals surface area contributed by atoms with Crippen LogP contribution in [0, 0.1) is 17.2 Å². The first-order valence-electron chi connectivity index (χ1n) is 7.37. The number of alkyl halides is 3. The van der Waals surface area contributed by atoms with Crippen LogP contribution in [0.15, 0.2) is 18.2 Å². The van der Waals surface area contributed by atoms with Gasteiger partial charge in [-0.3, -0.25) is 4.79 Å². The molecule has 3 rings (SSSR count). The second kappa shape index (κ2) is 5.95. The van der Waals surface area contributed by atoms with Crippen LogP contribution in [0.3, 0.4) is 0 Å². The van der Waals surface area contributed by atoms with Gasteiger partial charge in [0.2, 0.25) is 0 Å². The van der Waals surface area contributed by atoms with Gasteiger partial charge in [0.15, 0.2) is 5.78 Å². The molecule has 2 heterocycles. The lowest BCUT2D eigenvalue weighted by Gasteiger charge is -2.39. The normalized spacial score (nSPS) is 27.3. The second-order valence-electron chi connectivity index (χ2n) is 6.04. The van der Waals surface area contributed by atoms with Crippen molar-refractivity contribution >= 4 is 5.78 Å². The van der Waals surface area contributed by atoms with Gasteiger partial charge < -0.3 is 10.1 Å². The molecular formula is C16H15F3N2O2. The molecule has 0 aliphatic carbocycles. The fourth-order valence-corrected chi connectivity index (χ4v) is 3.29. The highest BCUT2D eigenvalue weighted by Crippen LogP contribution is 2.33. The fraction of sp³-hybridized carbons (Fsp3) is 0.500. The Morgan fingerprint density at radius 1 is 1.22 bits per heavy atom. The van der Waals surface area contributed by atoms with Crippen molar-refractivity contribution in [3.63, 3.8) is 0 Å². The Morgan fingerprint density at radius 2 is 1.87 bits per heavy atom. The molecule has 0 spiro atoms. The summed E-state index contributed by atoms with van der Waals surface area (Å²) in [6, 6.07) is 4.65. The Kier molecular flexibility index (Phi) is 4.13. The Labute approximate surface area is 131 Å². The average Bonchev–Trinajstić information content (AvgIpc) is 2.52. The monoisotopic (exact) mass is 324 g/mol. The Hall–Kier alpha value is -1.91. The van der Waals surface area contributed by atoms with Crippen molar-refractivity contribution < 1.29 is 22.7 Å². The van der Waals surface area contributed by atoms with Gasteiger partial charge in [0.25, 0.3) is 0 Å². The zero-order valence-electron chi connectivity index (χ0n) is 12.2. The number of piperidine rings is 1. The maximum absolute atomic E-state index is 12.9. The van der Waals surface area contributed by atoms with Gasteiger partial charge in [0, 0.05) is 23.6 Å². The Balaban J connectivity index is 1.88. The number of carbonyl (C=O) groups is 1. The molecule has 2 aliphatic heterocycles. The predicted octanol–water partition coefficient (Wildman–Crippen LogP) is 2.53. The molecule has 2 atom stereocenters. The summed E-state index contributed by atoms with van der Waals surface area (Å²) in [7, 11) is 0. The number of nitrogens with zero attached hydrogens (tertiary/aromatic N) is 1. The molecular weight excluding hydrogens is 309 g/mol. The van der Waals surface area contributed by atoms with Crippen molar-refractivity contribution in [3.05, 3.63) is 34.9 Å². The number of benzene rings is 1. The summed E-state index contributed by atoms with van der Waals surface area (Å²) in [6.07, 6.45) is -3.51. The Morgan fingerprint density at radius 3 is 2.43 bits per heavy atom. The van der Waals surface area contributed by atoms with Crippen molar-refractivity contribution in [2.45, 2.75) is 31.1 Å². The van der Waals surface area contributed by atoms with Crippen molar-refractivity contribution in [1.29, 1.82) is 5.26 Å². The molecule has 1 aromatic carbocycles. The first kappa shape index (κ1) is 16.0. The van der Waals surface area contributed by atoms with Crippen LogP contribution < -0.4 is 5.32 Å². The minimum Gasteiger partial charge on any atom is -0.378 e. The molecule has 122 valence electrons. The van der Waals surface area contributed by atoms with E-state index in [1.807, 2.05) is 0 Å². The van der Waals surface area contributed by atoms with E-state index in [1.54, 1.807) is 6.07 Å². The van der Waals surface area contributed by atoms with E-state index in [9.17, 15) is 18.0 Å². The molecule has 1 aromatic rings. The van der Waals surface area contributed by atoms with Gasteiger partial charge in [-0.05, 0) is 31.0 Å². The number of rotatable bonds is 2. The highest BCUT2D eigenvalue weighted by atomic mass is 19.4. The highest BCUT2D eigenvalue weighted by molar-refractivity contribution is 5.98. The van der Waals surface area contributed by atoms with E-state index in [-0.39, 0.29) is 34.9 Å². The molecule has 2 bridgehead atoms. The van der Waals surface area contributed by atoms with Crippen molar-refractivity contribution in [1.82, 2.24) is 5.32 Å². The number of halogens is 3. The summed E-state index contributed by atoms with van der Waals surface area (Å²) in [6.45, 7) is 1.01. The van der Waals surface area contributed by atoms with Crippen molar-refractivity contribution in [3.8, 4) is 6.07 Å². The predicted molar refractivity (Wildman–Crippen MR) is 74.7 cm³/mol. The molecule has 0 aromatic heterocycles. The number of Topliss-reactive ketones (excluding diaryl/α,β-unsaturated/α-hetero) is 1. The van der Waals surface area contributed by atoms with Gasteiger partial charge in [-0.1, -0.05) is 0 Å². The maximum Gasteiger partial charge on any atom is 0.416 e. The van der Waals surface area contributed by atoms with Gasteiger partial charge in [0.05, 0.1) is 30.4 Å². The van der Waals surface area contributed by atoms with Crippen molar-refractivity contribution in [2.75, 3.05) is 13.2 Å². The number of morpholine rings is 1. The van der Waals surface area contributed by atoms with Gasteiger partial charge in [0.1, 0.15) is 0 Å². The summed E-state index contributed by atoms with van der Waals surface area (Å²) in [5.74, 6) is -0.670. The lowest BCUT2D eigenvalue weighted by Crippen LogP contribution is -2.55. The van der Waals surface area contributed by atoms with Gasteiger partial charge >= 0.3 is 6.18 Å². The molecule has 0 radical (unpaired) electrons. The van der Waals surface area contributed by atoms with E-state index in [2.05, 4.69) is 5.32 Å². The van der Waals surface area contributed by atoms with Crippen LogP contribution >= 0.6 is 0 Å². The number of hydrogen-bond donors (Lipinski definition) is 1. The average molecular weight is 324 g/mol. The van der Waals surface area contributed by atoms with E-state index >= 15 is 0 Å². The van der Waals surface area contributed by atoms with E-state index in [0.29, 0.717) is 26.1 Å². The van der Waals surface area contributed by atoms with E-state index in [4.69, 9.17) is 10.00 Å². The zero-order chi connectivity index (χ0) is 16.6. The summed E-state index contributed by atoms with van der Waals surface area (Å²) in [5.41, 5.74) is -1.15. The van der Waals surface area contributed by atoms with Crippen LogP contribution in [-0.2, 0) is 10.9 Å². The smallest absolute Gasteiger partial charge is 0.378 e. The summed E-state index contributed by atoms with van der Waals surface area (Å²) < 4.78 is 44.2. The third kappa shape index (κ3) is 3.38. The maximum atomic E-state index is 12.9. The topological polar surface area (TPSA) is 62.1 Å². The SMILES string of the molecule is N#Cc1cc(C(=O)C2CC3COCC(C2)N3)cc(C(F)(F)F)c1. The van der Waals surface area contributed by atoms with E-state index in [0.717, 1.165) is 12.1 Å². The lowest BCUT2D eigenvalue weighted by atomic mass is 9.81. The minimum absolute atomic E-state index is 0.0396.